The van der Waals surface area contributed by atoms with Crippen molar-refractivity contribution in [3.8, 4) is 0 Å². The lowest BCUT2D eigenvalue weighted by atomic mass is 10.1. The number of benzene rings is 1. The molecule has 1 saturated heterocycles. The molecule has 1 amide bonds. The Hall–Kier alpha value is -2.73. The van der Waals surface area contributed by atoms with E-state index in [1.807, 2.05) is 42.3 Å². The molecule has 0 saturated carbocycles. The summed E-state index contributed by atoms with van der Waals surface area (Å²) < 4.78 is 5.51. The second-order valence-corrected chi connectivity index (χ2v) is 5.98. The third-order valence-electron chi connectivity index (χ3n) is 4.30. The van der Waals surface area contributed by atoms with E-state index in [1.165, 1.54) is 0 Å². The van der Waals surface area contributed by atoms with Crippen LogP contribution in [0.2, 0.25) is 0 Å². The summed E-state index contributed by atoms with van der Waals surface area (Å²) in [6, 6.07) is 7.94. The molecule has 0 bridgehead atoms. The maximum absolute atomic E-state index is 12.7. The minimum Gasteiger partial charge on any atom is -0.445 e. The first-order valence-corrected chi connectivity index (χ1v) is 7.97. The van der Waals surface area contributed by atoms with Crippen LogP contribution < -0.4 is 4.90 Å². The smallest absolute Gasteiger partial charge is 0.241 e. The maximum Gasteiger partial charge on any atom is 0.241 e. The number of fused-ring (bicyclic) bond motifs is 1. The fraction of sp³-hybridized carbons (Fsp3) is 0.278. The van der Waals surface area contributed by atoms with Gasteiger partial charge in [-0.1, -0.05) is 12.1 Å². The van der Waals surface area contributed by atoms with E-state index in [-0.39, 0.29) is 5.91 Å². The molecular weight excluding hydrogens is 304 g/mol. The largest absolute Gasteiger partial charge is 0.445 e. The van der Waals surface area contributed by atoms with Gasteiger partial charge < -0.3 is 9.32 Å². The third kappa shape index (κ3) is 2.76. The molecule has 1 aliphatic heterocycles. The molecule has 1 aliphatic rings. The lowest BCUT2D eigenvalue weighted by Gasteiger charge is -2.34. The molecular formula is C18H18N4O2. The van der Waals surface area contributed by atoms with Crippen molar-refractivity contribution in [1.29, 1.82) is 0 Å². The third-order valence-corrected chi connectivity index (χ3v) is 4.30. The van der Waals surface area contributed by atoms with Gasteiger partial charge in [0.2, 0.25) is 5.91 Å². The number of carbonyl (C=O) groups is 1. The zero-order valence-electron chi connectivity index (χ0n) is 13.5. The van der Waals surface area contributed by atoms with Crippen LogP contribution in [0, 0.1) is 6.92 Å². The van der Waals surface area contributed by atoms with Crippen molar-refractivity contribution >= 4 is 22.4 Å². The Balaban J connectivity index is 1.53. The van der Waals surface area contributed by atoms with E-state index in [9.17, 15) is 4.79 Å². The van der Waals surface area contributed by atoms with E-state index in [2.05, 4.69) is 14.9 Å². The molecule has 3 aromatic rings. The lowest BCUT2D eigenvalue weighted by Crippen LogP contribution is -2.50. The van der Waals surface area contributed by atoms with Gasteiger partial charge in [0, 0.05) is 43.2 Å². The fourth-order valence-corrected chi connectivity index (χ4v) is 3.15. The number of aromatic nitrogens is 2. The molecule has 0 unspecified atom stereocenters. The first kappa shape index (κ1) is 14.8. The van der Waals surface area contributed by atoms with E-state index in [4.69, 9.17) is 4.42 Å². The van der Waals surface area contributed by atoms with E-state index < -0.39 is 0 Å². The number of piperazine rings is 1. The predicted octanol–water partition coefficient (Wildman–Crippen LogP) is 2.38. The van der Waals surface area contributed by atoms with Gasteiger partial charge in [0.05, 0.1) is 25.0 Å². The number of amides is 1. The first-order chi connectivity index (χ1) is 11.7. The molecule has 0 radical (unpaired) electrons. The van der Waals surface area contributed by atoms with Crippen molar-refractivity contribution in [1.82, 2.24) is 14.9 Å². The molecule has 6 heteroatoms. The van der Waals surface area contributed by atoms with Crippen LogP contribution >= 0.6 is 0 Å². The molecule has 3 heterocycles. The van der Waals surface area contributed by atoms with Crippen molar-refractivity contribution in [3.05, 3.63) is 54.5 Å². The summed E-state index contributed by atoms with van der Waals surface area (Å²) in [7, 11) is 0. The number of hydrogen-bond donors (Lipinski definition) is 0. The molecule has 0 aliphatic carbocycles. The highest BCUT2D eigenvalue weighted by Gasteiger charge is 2.26. The number of hydrogen-bond acceptors (Lipinski definition) is 5. The molecule has 122 valence electrons. The van der Waals surface area contributed by atoms with E-state index in [0.717, 1.165) is 28.8 Å². The minimum absolute atomic E-state index is 0.0989. The van der Waals surface area contributed by atoms with Gasteiger partial charge in [-0.25, -0.2) is 4.98 Å². The number of aryl methyl sites for hydroxylation is 1. The average Bonchev–Trinajstić information content (AvgIpc) is 3.00. The molecule has 0 N–H and O–H groups in total. The van der Waals surface area contributed by atoms with Crippen molar-refractivity contribution in [2.24, 2.45) is 0 Å². The van der Waals surface area contributed by atoms with Gasteiger partial charge in [-0.05, 0) is 12.1 Å². The Morgan fingerprint density at radius 3 is 2.92 bits per heavy atom. The van der Waals surface area contributed by atoms with Gasteiger partial charge in [0.25, 0.3) is 0 Å². The van der Waals surface area contributed by atoms with Gasteiger partial charge in [0.1, 0.15) is 5.76 Å². The van der Waals surface area contributed by atoms with Crippen molar-refractivity contribution in [2.45, 2.75) is 13.5 Å². The molecule has 6 nitrogen and oxygen atoms in total. The Bertz CT molecular complexity index is 884. The second-order valence-electron chi connectivity index (χ2n) is 5.98. The zero-order chi connectivity index (χ0) is 16.5. The van der Waals surface area contributed by atoms with Gasteiger partial charge in [0.15, 0.2) is 5.89 Å². The van der Waals surface area contributed by atoms with E-state index in [0.29, 0.717) is 25.5 Å². The maximum atomic E-state index is 12.7. The second kappa shape index (κ2) is 6.05. The molecule has 0 spiro atoms. The fourth-order valence-electron chi connectivity index (χ4n) is 3.15. The van der Waals surface area contributed by atoms with Crippen LogP contribution in [0.5, 0.6) is 0 Å². The number of nitrogens with zero attached hydrogens (tertiary/aromatic N) is 4. The molecule has 0 atom stereocenters. The van der Waals surface area contributed by atoms with Crippen molar-refractivity contribution in [3.63, 3.8) is 0 Å². The predicted molar refractivity (Wildman–Crippen MR) is 90.6 cm³/mol. The Labute approximate surface area is 139 Å². The van der Waals surface area contributed by atoms with Crippen LogP contribution in [0.25, 0.3) is 10.8 Å². The van der Waals surface area contributed by atoms with E-state index >= 15 is 0 Å². The standard InChI is InChI=1S/C18H18N4O2/c1-13-20-10-15(24-13)11-21-7-8-22(18(23)12-21)17-4-2-3-14-9-19-6-5-16(14)17/h2-6,9-10H,7-8,11-12H2,1H3. The summed E-state index contributed by atoms with van der Waals surface area (Å²) in [6.07, 6.45) is 5.31. The highest BCUT2D eigenvalue weighted by atomic mass is 16.4. The summed E-state index contributed by atoms with van der Waals surface area (Å²) in [6.45, 7) is 4.27. The van der Waals surface area contributed by atoms with Gasteiger partial charge in [-0.15, -0.1) is 0 Å². The number of anilines is 1. The summed E-state index contributed by atoms with van der Waals surface area (Å²) in [5.74, 6) is 1.55. The SMILES string of the molecule is Cc1ncc(CN2CCN(c3cccc4cnccc34)C(=O)C2)o1. The quantitative estimate of drug-likeness (QED) is 0.741. The van der Waals surface area contributed by atoms with Crippen molar-refractivity contribution < 1.29 is 9.21 Å². The van der Waals surface area contributed by atoms with Crippen LogP contribution in [-0.2, 0) is 11.3 Å². The van der Waals surface area contributed by atoms with Gasteiger partial charge in [-0.3, -0.25) is 14.7 Å². The lowest BCUT2D eigenvalue weighted by molar-refractivity contribution is -0.121. The molecule has 4 rings (SSSR count). The summed E-state index contributed by atoms with van der Waals surface area (Å²) in [5, 5.41) is 2.10. The molecule has 1 aromatic carbocycles. The van der Waals surface area contributed by atoms with Crippen LogP contribution in [0.15, 0.2) is 47.3 Å². The molecule has 24 heavy (non-hydrogen) atoms. The zero-order valence-corrected chi connectivity index (χ0v) is 13.5. The molecule has 1 fully saturated rings. The number of oxazole rings is 1. The number of carbonyl (C=O) groups excluding carboxylic acids is 1. The summed E-state index contributed by atoms with van der Waals surface area (Å²) in [4.78, 5) is 24.9. The van der Waals surface area contributed by atoms with Crippen molar-refractivity contribution in [2.75, 3.05) is 24.5 Å². The Kier molecular flexibility index (Phi) is 3.74. The van der Waals surface area contributed by atoms with Crippen LogP contribution in [0.1, 0.15) is 11.7 Å². The normalized spacial score (nSPS) is 16.0. The highest BCUT2D eigenvalue weighted by molar-refractivity contribution is 6.04. The van der Waals surface area contributed by atoms with Gasteiger partial charge in [-0.2, -0.15) is 0 Å². The van der Waals surface area contributed by atoms with E-state index in [1.54, 1.807) is 12.4 Å². The Morgan fingerprint density at radius 1 is 1.21 bits per heavy atom. The van der Waals surface area contributed by atoms with Crippen LogP contribution in [0.4, 0.5) is 5.69 Å². The first-order valence-electron chi connectivity index (χ1n) is 7.97. The summed E-state index contributed by atoms with van der Waals surface area (Å²) in [5.41, 5.74) is 0.954. The van der Waals surface area contributed by atoms with Crippen LogP contribution in [0.3, 0.4) is 0 Å². The highest BCUT2D eigenvalue weighted by Crippen LogP contribution is 2.27. The average molecular weight is 322 g/mol. The molecule has 2 aromatic heterocycles. The Morgan fingerprint density at radius 2 is 2.12 bits per heavy atom. The minimum atomic E-state index is 0.0989. The number of pyridine rings is 1. The summed E-state index contributed by atoms with van der Waals surface area (Å²) >= 11 is 0. The van der Waals surface area contributed by atoms with Gasteiger partial charge >= 0.3 is 0 Å². The topological polar surface area (TPSA) is 62.5 Å². The monoisotopic (exact) mass is 322 g/mol. The van der Waals surface area contributed by atoms with Crippen LogP contribution in [-0.4, -0.2) is 40.4 Å². The number of rotatable bonds is 3.